The van der Waals surface area contributed by atoms with Crippen molar-refractivity contribution >= 4 is 51.4 Å². The van der Waals surface area contributed by atoms with Gasteiger partial charge < -0.3 is 22.1 Å². The first-order valence-electron chi connectivity index (χ1n) is 9.36. The number of carbonyl (C=O) groups is 2. The number of rotatable bonds is 8. The fourth-order valence-corrected chi connectivity index (χ4v) is 3.80. The maximum atomic E-state index is 11.9. The van der Waals surface area contributed by atoms with E-state index in [1.54, 1.807) is 6.20 Å². The zero-order chi connectivity index (χ0) is 21.8. The van der Waals surface area contributed by atoms with Crippen molar-refractivity contribution in [1.82, 2.24) is 15.0 Å². The highest BCUT2D eigenvalue weighted by Gasteiger charge is 2.19. The van der Waals surface area contributed by atoms with Crippen LogP contribution < -0.4 is 22.1 Å². The molecule has 9 nitrogen and oxygen atoms in total. The first kappa shape index (κ1) is 20.2. The van der Waals surface area contributed by atoms with Crippen molar-refractivity contribution in [2.75, 3.05) is 10.6 Å². The number of anilines is 3. The number of primary amides is 2. The average molecular weight is 433 g/mol. The molecule has 3 aromatic heterocycles. The summed E-state index contributed by atoms with van der Waals surface area (Å²) < 4.78 is 0. The van der Waals surface area contributed by atoms with Crippen LogP contribution in [-0.2, 0) is 11.2 Å². The van der Waals surface area contributed by atoms with E-state index in [9.17, 15) is 9.59 Å². The van der Waals surface area contributed by atoms with Gasteiger partial charge in [0.05, 0.1) is 11.7 Å². The Morgan fingerprint density at radius 2 is 1.97 bits per heavy atom. The molecule has 4 rings (SSSR count). The first-order valence-corrected chi connectivity index (χ1v) is 10.2. The smallest absolute Gasteiger partial charge is 0.271 e. The van der Waals surface area contributed by atoms with Gasteiger partial charge in [0.2, 0.25) is 5.91 Å². The second-order valence-corrected chi connectivity index (χ2v) is 7.77. The van der Waals surface area contributed by atoms with Gasteiger partial charge >= 0.3 is 0 Å². The zero-order valence-electron chi connectivity index (χ0n) is 16.3. The van der Waals surface area contributed by atoms with E-state index in [0.29, 0.717) is 12.1 Å². The van der Waals surface area contributed by atoms with Crippen LogP contribution in [0, 0.1) is 0 Å². The molecule has 0 aliphatic rings. The van der Waals surface area contributed by atoms with Crippen molar-refractivity contribution < 1.29 is 9.59 Å². The van der Waals surface area contributed by atoms with Crippen molar-refractivity contribution in [2.24, 2.45) is 11.5 Å². The number of pyridine rings is 1. The van der Waals surface area contributed by atoms with E-state index in [-0.39, 0.29) is 17.3 Å². The number of fused-ring (bicyclic) bond motifs is 1. The summed E-state index contributed by atoms with van der Waals surface area (Å²) in [5.74, 6) is -0.796. The summed E-state index contributed by atoms with van der Waals surface area (Å²) in [5.41, 5.74) is 12.5. The van der Waals surface area contributed by atoms with Gasteiger partial charge in [-0.2, -0.15) is 0 Å². The number of nitrogens with two attached hydrogens (primary N) is 2. The number of hydrogen-bond acceptors (Lipinski definition) is 8. The number of hydrogen-bond donors (Lipinski definition) is 4. The monoisotopic (exact) mass is 433 g/mol. The van der Waals surface area contributed by atoms with Gasteiger partial charge in [0.25, 0.3) is 5.91 Å². The molecule has 3 heterocycles. The highest BCUT2D eigenvalue weighted by Crippen LogP contribution is 2.23. The molecule has 1 aromatic carbocycles. The molecular formula is C21H19N7O2S. The van der Waals surface area contributed by atoms with Crippen molar-refractivity contribution in [3.8, 4) is 0 Å². The van der Waals surface area contributed by atoms with Gasteiger partial charge in [-0.15, -0.1) is 11.3 Å². The zero-order valence-corrected chi connectivity index (χ0v) is 17.1. The van der Waals surface area contributed by atoms with Crippen molar-refractivity contribution in [2.45, 2.75) is 12.5 Å². The highest BCUT2D eigenvalue weighted by atomic mass is 32.1. The lowest BCUT2D eigenvalue weighted by Crippen LogP contribution is -2.37. The largest absolute Gasteiger partial charge is 0.368 e. The molecule has 0 fully saturated rings. The van der Waals surface area contributed by atoms with Crippen LogP contribution in [-0.4, -0.2) is 32.8 Å². The van der Waals surface area contributed by atoms with E-state index in [0.717, 1.165) is 15.8 Å². The fraction of sp³-hybridized carbons (Fsp3) is 0.0952. The minimum absolute atomic E-state index is 0.0225. The SMILES string of the molecule is NC(=O)c1ncc(NC(Cc2cccs2)C(N)=O)nc1Nc1ccc2ncccc2c1. The molecular weight excluding hydrogens is 414 g/mol. The van der Waals surface area contributed by atoms with E-state index >= 15 is 0 Å². The summed E-state index contributed by atoms with van der Waals surface area (Å²) in [6.45, 7) is 0. The van der Waals surface area contributed by atoms with E-state index in [1.807, 2.05) is 47.8 Å². The minimum Gasteiger partial charge on any atom is -0.368 e. The Bertz CT molecular complexity index is 1240. The lowest BCUT2D eigenvalue weighted by Gasteiger charge is -2.17. The summed E-state index contributed by atoms with van der Waals surface area (Å²) in [5, 5.41) is 8.92. The Morgan fingerprint density at radius 3 is 2.71 bits per heavy atom. The molecule has 1 atom stereocenters. The number of thiophene rings is 1. The maximum absolute atomic E-state index is 11.9. The van der Waals surface area contributed by atoms with Crippen molar-refractivity contribution in [3.05, 3.63) is 70.8 Å². The number of carbonyl (C=O) groups excluding carboxylic acids is 2. The first-order chi connectivity index (χ1) is 15.0. The van der Waals surface area contributed by atoms with Gasteiger partial charge in [-0.05, 0) is 35.7 Å². The highest BCUT2D eigenvalue weighted by molar-refractivity contribution is 7.09. The quantitative estimate of drug-likeness (QED) is 0.333. The Morgan fingerprint density at radius 1 is 1.10 bits per heavy atom. The third-order valence-corrected chi connectivity index (χ3v) is 5.42. The van der Waals surface area contributed by atoms with Crippen LogP contribution in [0.5, 0.6) is 0 Å². The second kappa shape index (κ2) is 8.76. The van der Waals surface area contributed by atoms with E-state index < -0.39 is 17.9 Å². The minimum atomic E-state index is -0.728. The maximum Gasteiger partial charge on any atom is 0.271 e. The molecule has 1 unspecified atom stereocenters. The number of aromatic nitrogens is 3. The van der Waals surface area contributed by atoms with E-state index in [1.165, 1.54) is 17.5 Å². The molecule has 0 saturated heterocycles. The van der Waals surface area contributed by atoms with Crippen LogP contribution in [0.4, 0.5) is 17.3 Å². The van der Waals surface area contributed by atoms with E-state index in [4.69, 9.17) is 11.5 Å². The third kappa shape index (κ3) is 4.75. The summed E-state index contributed by atoms with van der Waals surface area (Å²) in [6.07, 6.45) is 3.47. The Kier molecular flexibility index (Phi) is 5.72. The fourth-order valence-electron chi connectivity index (χ4n) is 3.05. The van der Waals surface area contributed by atoms with Gasteiger partial charge in [0.1, 0.15) is 11.9 Å². The lowest BCUT2D eigenvalue weighted by molar-refractivity contribution is -0.118. The van der Waals surface area contributed by atoms with Crippen LogP contribution in [0.15, 0.2) is 60.2 Å². The third-order valence-electron chi connectivity index (χ3n) is 4.52. The normalized spacial score (nSPS) is 11.7. The molecule has 0 radical (unpaired) electrons. The predicted octanol–water partition coefficient (Wildman–Crippen LogP) is 2.44. The Balaban J connectivity index is 1.62. The van der Waals surface area contributed by atoms with Gasteiger partial charge in [0, 0.05) is 28.6 Å². The molecule has 156 valence electrons. The van der Waals surface area contributed by atoms with Crippen LogP contribution in [0.1, 0.15) is 15.4 Å². The van der Waals surface area contributed by atoms with Crippen molar-refractivity contribution in [3.63, 3.8) is 0 Å². The number of amides is 2. The molecule has 31 heavy (non-hydrogen) atoms. The number of nitrogens with zero attached hydrogens (tertiary/aromatic N) is 3. The van der Waals surface area contributed by atoms with Crippen molar-refractivity contribution in [1.29, 1.82) is 0 Å². The van der Waals surface area contributed by atoms with Gasteiger partial charge in [-0.3, -0.25) is 14.6 Å². The summed E-state index contributed by atoms with van der Waals surface area (Å²) in [4.78, 5) is 37.6. The topological polar surface area (TPSA) is 149 Å². The average Bonchev–Trinajstić information content (AvgIpc) is 3.26. The van der Waals surface area contributed by atoms with E-state index in [2.05, 4.69) is 25.6 Å². The standard InChI is InChI=1S/C21H19N7O2S/c22-19(29)16(10-14-4-2-8-31-14)27-17-11-25-18(20(23)30)21(28-17)26-13-5-6-15-12(9-13)3-1-7-24-15/h1-9,11,16H,10H2,(H2,22,29)(H2,23,30)(H2,26,27,28). The molecule has 0 aliphatic carbocycles. The van der Waals surface area contributed by atoms with Crippen LogP contribution in [0.3, 0.4) is 0 Å². The molecule has 0 aliphatic heterocycles. The second-order valence-electron chi connectivity index (χ2n) is 6.74. The summed E-state index contributed by atoms with van der Waals surface area (Å²) >= 11 is 1.53. The predicted molar refractivity (Wildman–Crippen MR) is 120 cm³/mol. The lowest BCUT2D eigenvalue weighted by atomic mass is 10.1. The summed E-state index contributed by atoms with van der Waals surface area (Å²) in [6, 6.07) is 12.4. The molecule has 0 bridgehead atoms. The van der Waals surface area contributed by atoms with Crippen LogP contribution in [0.25, 0.3) is 10.9 Å². The van der Waals surface area contributed by atoms with Gasteiger partial charge in [-0.25, -0.2) is 9.97 Å². The number of benzene rings is 1. The van der Waals surface area contributed by atoms with Gasteiger partial charge in [0.15, 0.2) is 11.5 Å². The molecule has 0 saturated carbocycles. The number of nitrogens with one attached hydrogen (secondary N) is 2. The molecule has 2 amide bonds. The van der Waals surface area contributed by atoms with Crippen LogP contribution in [0.2, 0.25) is 0 Å². The Labute approximate surface area is 181 Å². The molecule has 10 heteroatoms. The van der Waals surface area contributed by atoms with Gasteiger partial charge in [-0.1, -0.05) is 12.1 Å². The molecule has 4 aromatic rings. The molecule has 0 spiro atoms. The Hall–Kier alpha value is -4.05. The summed E-state index contributed by atoms with van der Waals surface area (Å²) in [7, 11) is 0. The van der Waals surface area contributed by atoms with Crippen LogP contribution >= 0.6 is 11.3 Å². The molecule has 6 N–H and O–H groups in total.